The summed E-state index contributed by atoms with van der Waals surface area (Å²) >= 11 is 0. The SMILES string of the molecule is CCO[SiH](OCC)C1CC2C=CC1C2.[H+]. The van der Waals surface area contributed by atoms with Crippen molar-refractivity contribution >= 4 is 9.28 Å². The minimum atomic E-state index is -1.38. The molecule has 3 unspecified atom stereocenters. The third kappa shape index (κ3) is 1.95. The van der Waals surface area contributed by atoms with Gasteiger partial charge >= 0.3 is 10.7 Å². The van der Waals surface area contributed by atoms with Crippen molar-refractivity contribution in [3.05, 3.63) is 12.2 Å². The first-order chi connectivity index (χ1) is 6.85. The van der Waals surface area contributed by atoms with Crippen LogP contribution in [0.2, 0.25) is 5.54 Å². The molecule has 14 heavy (non-hydrogen) atoms. The van der Waals surface area contributed by atoms with Crippen LogP contribution in [0.15, 0.2) is 12.2 Å². The zero-order valence-corrected chi connectivity index (χ0v) is 10.3. The van der Waals surface area contributed by atoms with Crippen LogP contribution in [0.3, 0.4) is 0 Å². The van der Waals surface area contributed by atoms with Crippen molar-refractivity contribution in [2.75, 3.05) is 13.2 Å². The monoisotopic (exact) mass is 213 g/mol. The maximum atomic E-state index is 5.80. The van der Waals surface area contributed by atoms with Crippen LogP contribution in [0.25, 0.3) is 0 Å². The van der Waals surface area contributed by atoms with Crippen molar-refractivity contribution in [1.29, 1.82) is 0 Å². The first-order valence-electron chi connectivity index (χ1n) is 5.76. The molecule has 0 aromatic heterocycles. The Morgan fingerprint density at radius 3 is 2.36 bits per heavy atom. The predicted octanol–water partition coefficient (Wildman–Crippen LogP) is 2.36. The average Bonchev–Trinajstić information content (AvgIpc) is 2.78. The molecule has 2 nitrogen and oxygen atoms in total. The van der Waals surface area contributed by atoms with Gasteiger partial charge in [0, 0.05) is 18.8 Å². The molecule has 0 N–H and O–H groups in total. The fraction of sp³-hybridized carbons (Fsp3) is 0.818. The summed E-state index contributed by atoms with van der Waals surface area (Å²) in [7, 11) is -1.38. The van der Waals surface area contributed by atoms with E-state index in [9.17, 15) is 0 Å². The molecule has 3 heteroatoms. The van der Waals surface area contributed by atoms with Gasteiger partial charge in [0.15, 0.2) is 0 Å². The van der Waals surface area contributed by atoms with Gasteiger partial charge in [0.2, 0.25) is 0 Å². The lowest BCUT2D eigenvalue weighted by atomic mass is 10.1. The van der Waals surface area contributed by atoms with Gasteiger partial charge in [0.05, 0.1) is 0 Å². The van der Waals surface area contributed by atoms with E-state index in [4.69, 9.17) is 8.85 Å². The molecule has 0 radical (unpaired) electrons. The van der Waals surface area contributed by atoms with Crippen LogP contribution in [0.5, 0.6) is 0 Å². The van der Waals surface area contributed by atoms with E-state index >= 15 is 0 Å². The zero-order valence-electron chi connectivity index (χ0n) is 10.1. The van der Waals surface area contributed by atoms with Gasteiger partial charge in [0.25, 0.3) is 0 Å². The van der Waals surface area contributed by atoms with Crippen molar-refractivity contribution in [2.24, 2.45) is 11.8 Å². The van der Waals surface area contributed by atoms with Crippen molar-refractivity contribution in [1.82, 2.24) is 0 Å². The molecule has 2 aliphatic rings. The van der Waals surface area contributed by atoms with Crippen molar-refractivity contribution in [3.8, 4) is 0 Å². The summed E-state index contributed by atoms with van der Waals surface area (Å²) in [6, 6.07) is 0. The highest BCUT2D eigenvalue weighted by Crippen LogP contribution is 2.48. The molecular formula is C11H21O2Si+. The zero-order chi connectivity index (χ0) is 9.97. The second-order valence-electron chi connectivity index (χ2n) is 4.22. The first-order valence-corrected chi connectivity index (χ1v) is 7.37. The molecule has 2 bridgehead atoms. The number of rotatable bonds is 5. The van der Waals surface area contributed by atoms with Gasteiger partial charge in [-0.05, 0) is 38.5 Å². The van der Waals surface area contributed by atoms with Crippen LogP contribution in [0, 0.1) is 11.8 Å². The standard InChI is InChI=1S/C11H20O2Si/c1-3-12-14(13-4-2)11-8-9-5-6-10(11)7-9/h5-6,9-11,14H,3-4,7-8H2,1-2H3/p+1. The topological polar surface area (TPSA) is 18.5 Å². The van der Waals surface area contributed by atoms with E-state index < -0.39 is 9.28 Å². The summed E-state index contributed by atoms with van der Waals surface area (Å²) in [6.07, 6.45) is 7.44. The highest BCUT2D eigenvalue weighted by Gasteiger charge is 2.42. The molecule has 1 saturated carbocycles. The van der Waals surface area contributed by atoms with Crippen LogP contribution < -0.4 is 0 Å². The van der Waals surface area contributed by atoms with Crippen LogP contribution in [-0.4, -0.2) is 22.5 Å². The lowest BCUT2D eigenvalue weighted by Crippen LogP contribution is -2.31. The van der Waals surface area contributed by atoms with Crippen LogP contribution in [0.1, 0.15) is 28.1 Å². The fourth-order valence-electron chi connectivity index (χ4n) is 2.76. The lowest BCUT2D eigenvalue weighted by molar-refractivity contribution is 0.199. The Hall–Kier alpha value is -0.123. The minimum absolute atomic E-state index is 0. The average molecular weight is 213 g/mol. The summed E-state index contributed by atoms with van der Waals surface area (Å²) in [5.74, 6) is 1.61. The molecule has 80 valence electrons. The van der Waals surface area contributed by atoms with Gasteiger partial charge in [-0.15, -0.1) is 0 Å². The van der Waals surface area contributed by atoms with Gasteiger partial charge in [-0.25, -0.2) is 0 Å². The second-order valence-corrected chi connectivity index (χ2v) is 6.48. The van der Waals surface area contributed by atoms with E-state index in [2.05, 4.69) is 26.0 Å². The Labute approximate surface area is 89.6 Å². The normalized spacial score (nSPS) is 34.6. The molecule has 2 aliphatic carbocycles. The number of fused-ring (bicyclic) bond motifs is 2. The third-order valence-corrected chi connectivity index (χ3v) is 6.13. The van der Waals surface area contributed by atoms with Crippen LogP contribution in [-0.2, 0) is 8.85 Å². The summed E-state index contributed by atoms with van der Waals surface area (Å²) in [5, 5.41) is 0. The van der Waals surface area contributed by atoms with E-state index in [1.54, 1.807) is 0 Å². The molecule has 0 amide bonds. The number of hydrogen-bond acceptors (Lipinski definition) is 2. The molecule has 3 atom stereocenters. The molecule has 2 rings (SSSR count). The Morgan fingerprint density at radius 2 is 1.93 bits per heavy atom. The number of allylic oxidation sites excluding steroid dienone is 2. The van der Waals surface area contributed by atoms with Crippen molar-refractivity contribution < 1.29 is 10.3 Å². The van der Waals surface area contributed by atoms with E-state index in [0.717, 1.165) is 30.6 Å². The Bertz CT molecular complexity index is 217. The quantitative estimate of drug-likeness (QED) is 0.515. The molecule has 0 aromatic carbocycles. The highest BCUT2D eigenvalue weighted by atomic mass is 28.3. The Kier molecular flexibility index (Phi) is 3.41. The van der Waals surface area contributed by atoms with Crippen molar-refractivity contribution in [3.63, 3.8) is 0 Å². The first kappa shape index (κ1) is 10.4. The Balaban J connectivity index is 0.00000112. The minimum Gasteiger partial charge on any atom is -0.397 e. The van der Waals surface area contributed by atoms with Gasteiger partial charge in [0.1, 0.15) is 0 Å². The molecule has 0 saturated heterocycles. The van der Waals surface area contributed by atoms with E-state index in [1.807, 2.05) is 0 Å². The summed E-state index contributed by atoms with van der Waals surface area (Å²) in [5.41, 5.74) is 0.741. The Morgan fingerprint density at radius 1 is 1.21 bits per heavy atom. The predicted molar refractivity (Wildman–Crippen MR) is 60.6 cm³/mol. The van der Waals surface area contributed by atoms with Gasteiger partial charge in [-0.3, -0.25) is 0 Å². The largest absolute Gasteiger partial charge is 1.00 e. The number of hydrogen-bond donors (Lipinski definition) is 0. The molecule has 1 fully saturated rings. The second kappa shape index (κ2) is 4.60. The summed E-state index contributed by atoms with van der Waals surface area (Å²) < 4.78 is 11.6. The van der Waals surface area contributed by atoms with Crippen LogP contribution >= 0.6 is 0 Å². The molecule has 0 aromatic rings. The van der Waals surface area contributed by atoms with Crippen molar-refractivity contribution in [2.45, 2.75) is 32.2 Å². The van der Waals surface area contributed by atoms with E-state index in [-0.39, 0.29) is 1.43 Å². The van der Waals surface area contributed by atoms with Gasteiger partial charge in [-0.2, -0.15) is 0 Å². The summed E-state index contributed by atoms with van der Waals surface area (Å²) in [4.78, 5) is 0. The third-order valence-electron chi connectivity index (χ3n) is 3.34. The fourth-order valence-corrected chi connectivity index (χ4v) is 5.27. The molecular weight excluding hydrogens is 192 g/mol. The smallest absolute Gasteiger partial charge is 0.397 e. The maximum Gasteiger partial charge on any atom is 1.00 e. The maximum absolute atomic E-state index is 5.80. The van der Waals surface area contributed by atoms with Gasteiger partial charge in [-0.1, -0.05) is 12.2 Å². The van der Waals surface area contributed by atoms with E-state index in [0.29, 0.717) is 0 Å². The molecule has 0 heterocycles. The molecule has 0 aliphatic heterocycles. The summed E-state index contributed by atoms with van der Waals surface area (Å²) in [6.45, 7) is 5.77. The highest BCUT2D eigenvalue weighted by molar-refractivity contribution is 6.46. The molecule has 0 spiro atoms. The van der Waals surface area contributed by atoms with Crippen LogP contribution in [0.4, 0.5) is 0 Å². The van der Waals surface area contributed by atoms with E-state index in [1.165, 1.54) is 12.8 Å². The lowest BCUT2D eigenvalue weighted by Gasteiger charge is -2.25. The van der Waals surface area contributed by atoms with Gasteiger partial charge < -0.3 is 8.85 Å².